The molecule has 0 aromatic carbocycles. The summed E-state index contributed by atoms with van der Waals surface area (Å²) in [5.74, 6) is 0.142. The third kappa shape index (κ3) is 5.95. The highest BCUT2D eigenvalue weighted by Gasteiger charge is 2.45. The van der Waals surface area contributed by atoms with Gasteiger partial charge in [-0.05, 0) is 55.2 Å². The van der Waals surface area contributed by atoms with Crippen LogP contribution in [0.1, 0.15) is 97.0 Å². The zero-order chi connectivity index (χ0) is 21.4. The van der Waals surface area contributed by atoms with Gasteiger partial charge in [0, 0.05) is 15.2 Å². The molecular formula is C25H36O3S2. The fraction of sp³-hybridized carbons (Fsp3) is 0.640. The Kier molecular flexibility index (Phi) is 8.97. The Labute approximate surface area is 189 Å². The number of hydrogen-bond acceptors (Lipinski definition) is 4. The molecule has 0 aliphatic heterocycles. The molecule has 4 rings (SSSR count). The van der Waals surface area contributed by atoms with Crippen molar-refractivity contribution in [2.75, 3.05) is 0 Å². The van der Waals surface area contributed by atoms with Crippen molar-refractivity contribution in [3.63, 3.8) is 0 Å². The molecule has 2 saturated carbocycles. The number of aryl methyl sites for hydroxylation is 1. The standard InChI is InChI=1S/C17H26OS.C8H10O2S/c18-15(9-3-8-14-6-1-2-7-14)17(11-5-12-17)16-10-4-13-19-16;1-2-3-6-4-5-7(11-6)8(9)10/h4,10,13-15,18H,1-3,5-9,11-12H2;4-5H,2-3H2,1H3,(H,9,10). The second-order valence-electron chi connectivity index (χ2n) is 8.91. The van der Waals surface area contributed by atoms with E-state index in [4.69, 9.17) is 5.11 Å². The van der Waals surface area contributed by atoms with Crippen LogP contribution in [0.5, 0.6) is 0 Å². The van der Waals surface area contributed by atoms with Crippen molar-refractivity contribution >= 4 is 28.6 Å². The molecule has 5 heteroatoms. The number of carbonyl (C=O) groups is 1. The highest BCUT2D eigenvalue weighted by atomic mass is 32.1. The maximum atomic E-state index is 10.7. The monoisotopic (exact) mass is 448 g/mol. The molecule has 0 spiro atoms. The largest absolute Gasteiger partial charge is 0.477 e. The maximum absolute atomic E-state index is 10.7. The zero-order valence-electron chi connectivity index (χ0n) is 18.1. The van der Waals surface area contributed by atoms with Gasteiger partial charge < -0.3 is 10.2 Å². The molecule has 0 amide bonds. The number of aromatic carboxylic acids is 1. The minimum absolute atomic E-state index is 0.110. The molecule has 0 bridgehead atoms. The van der Waals surface area contributed by atoms with Gasteiger partial charge in [-0.15, -0.1) is 22.7 Å². The molecule has 2 aliphatic carbocycles. The summed E-state index contributed by atoms with van der Waals surface area (Å²) in [4.78, 5) is 13.4. The summed E-state index contributed by atoms with van der Waals surface area (Å²) in [6.45, 7) is 2.08. The highest BCUT2D eigenvalue weighted by Crippen LogP contribution is 2.49. The number of rotatable bonds is 9. The van der Waals surface area contributed by atoms with E-state index < -0.39 is 5.97 Å². The Morgan fingerprint density at radius 2 is 1.97 bits per heavy atom. The van der Waals surface area contributed by atoms with Gasteiger partial charge in [-0.3, -0.25) is 0 Å². The first-order valence-electron chi connectivity index (χ1n) is 11.6. The summed E-state index contributed by atoms with van der Waals surface area (Å²) in [6.07, 6.45) is 14.9. The van der Waals surface area contributed by atoms with E-state index in [0.717, 1.165) is 30.1 Å². The summed E-state index contributed by atoms with van der Waals surface area (Å²) >= 11 is 3.20. The van der Waals surface area contributed by atoms with E-state index in [9.17, 15) is 9.90 Å². The van der Waals surface area contributed by atoms with Crippen LogP contribution in [-0.2, 0) is 11.8 Å². The predicted octanol–water partition coefficient (Wildman–Crippen LogP) is 7.29. The molecule has 1 atom stereocenters. The first kappa shape index (κ1) is 23.5. The van der Waals surface area contributed by atoms with Gasteiger partial charge in [-0.1, -0.05) is 64.4 Å². The maximum Gasteiger partial charge on any atom is 0.345 e. The molecule has 0 radical (unpaired) electrons. The molecule has 2 aliphatic rings. The van der Waals surface area contributed by atoms with Crippen molar-refractivity contribution in [2.45, 2.75) is 95.5 Å². The fourth-order valence-electron chi connectivity index (χ4n) is 4.91. The number of thiophene rings is 2. The van der Waals surface area contributed by atoms with Crippen molar-refractivity contribution in [3.8, 4) is 0 Å². The lowest BCUT2D eigenvalue weighted by molar-refractivity contribution is 0.0221. The number of hydrogen-bond donors (Lipinski definition) is 2. The molecule has 2 aromatic heterocycles. The Morgan fingerprint density at radius 1 is 1.20 bits per heavy atom. The van der Waals surface area contributed by atoms with E-state index in [1.807, 2.05) is 17.4 Å². The van der Waals surface area contributed by atoms with E-state index >= 15 is 0 Å². The van der Waals surface area contributed by atoms with E-state index in [0.29, 0.717) is 4.88 Å². The third-order valence-electron chi connectivity index (χ3n) is 6.83. The first-order chi connectivity index (χ1) is 14.5. The fourth-order valence-corrected chi connectivity index (χ4v) is 6.90. The average Bonchev–Trinajstić information content (AvgIpc) is 3.45. The van der Waals surface area contributed by atoms with E-state index in [1.54, 1.807) is 6.07 Å². The van der Waals surface area contributed by atoms with Crippen LogP contribution < -0.4 is 0 Å². The van der Waals surface area contributed by atoms with Crippen molar-refractivity contribution in [3.05, 3.63) is 44.3 Å². The molecule has 2 N–H and O–H groups in total. The van der Waals surface area contributed by atoms with Crippen LogP contribution >= 0.6 is 22.7 Å². The van der Waals surface area contributed by atoms with Crippen LogP contribution in [-0.4, -0.2) is 22.3 Å². The Hall–Kier alpha value is -1.17. The number of carboxylic acid groups (broad SMARTS) is 1. The average molecular weight is 449 g/mol. The van der Waals surface area contributed by atoms with Crippen LogP contribution in [0.2, 0.25) is 0 Å². The summed E-state index contributed by atoms with van der Waals surface area (Å²) in [7, 11) is 0. The Morgan fingerprint density at radius 3 is 2.50 bits per heavy atom. The summed E-state index contributed by atoms with van der Waals surface area (Å²) in [5, 5.41) is 21.4. The number of carboxylic acids is 1. The van der Waals surface area contributed by atoms with Crippen molar-refractivity contribution in [1.82, 2.24) is 0 Å². The number of aliphatic hydroxyl groups excluding tert-OH is 1. The van der Waals surface area contributed by atoms with Gasteiger partial charge in [-0.25, -0.2) is 4.79 Å². The van der Waals surface area contributed by atoms with Crippen LogP contribution in [0.25, 0.3) is 0 Å². The molecule has 2 fully saturated rings. The summed E-state index contributed by atoms with van der Waals surface area (Å²) in [6, 6.07) is 7.91. The third-order valence-corrected chi connectivity index (χ3v) is 9.05. The van der Waals surface area contributed by atoms with Crippen LogP contribution in [0, 0.1) is 5.92 Å². The van der Waals surface area contributed by atoms with Gasteiger partial charge in [0.15, 0.2) is 0 Å². The molecule has 0 saturated heterocycles. The van der Waals surface area contributed by atoms with Crippen molar-refractivity contribution in [1.29, 1.82) is 0 Å². The van der Waals surface area contributed by atoms with Gasteiger partial charge in [-0.2, -0.15) is 0 Å². The Balaban J connectivity index is 0.000000199. The molecule has 2 aromatic rings. The lowest BCUT2D eigenvalue weighted by atomic mass is 9.63. The van der Waals surface area contributed by atoms with Gasteiger partial charge in [0.1, 0.15) is 4.88 Å². The van der Waals surface area contributed by atoms with Gasteiger partial charge >= 0.3 is 5.97 Å². The van der Waals surface area contributed by atoms with Gasteiger partial charge in [0.2, 0.25) is 0 Å². The van der Waals surface area contributed by atoms with E-state index in [2.05, 4.69) is 24.4 Å². The molecular weight excluding hydrogens is 412 g/mol. The first-order valence-corrected chi connectivity index (χ1v) is 13.3. The quantitative estimate of drug-likeness (QED) is 0.423. The lowest BCUT2D eigenvalue weighted by Gasteiger charge is -2.45. The molecule has 1 unspecified atom stereocenters. The van der Waals surface area contributed by atoms with Gasteiger partial charge in [0.05, 0.1) is 6.10 Å². The number of aliphatic hydroxyl groups is 1. The molecule has 166 valence electrons. The van der Waals surface area contributed by atoms with Crippen molar-refractivity contribution in [2.24, 2.45) is 5.92 Å². The minimum atomic E-state index is -0.822. The second-order valence-corrected chi connectivity index (χ2v) is 11.0. The summed E-state index contributed by atoms with van der Waals surface area (Å²) < 4.78 is 0. The highest BCUT2D eigenvalue weighted by molar-refractivity contribution is 7.13. The predicted molar refractivity (Wildman–Crippen MR) is 127 cm³/mol. The minimum Gasteiger partial charge on any atom is -0.477 e. The van der Waals surface area contributed by atoms with E-state index in [-0.39, 0.29) is 11.5 Å². The normalized spacial score (nSPS) is 19.0. The van der Waals surface area contributed by atoms with Crippen molar-refractivity contribution < 1.29 is 15.0 Å². The van der Waals surface area contributed by atoms with Crippen LogP contribution in [0.4, 0.5) is 0 Å². The Bertz CT molecular complexity index is 755. The summed E-state index contributed by atoms with van der Waals surface area (Å²) in [5.41, 5.74) is 0.129. The smallest absolute Gasteiger partial charge is 0.345 e. The second kappa shape index (κ2) is 11.4. The SMILES string of the molecule is CCCc1ccc(C(=O)O)s1.OC(CCCC1CCCC1)C1(c2cccs2)CCC1. The molecule has 3 nitrogen and oxygen atoms in total. The molecule has 2 heterocycles. The van der Waals surface area contributed by atoms with Crippen LogP contribution in [0.3, 0.4) is 0 Å². The van der Waals surface area contributed by atoms with E-state index in [1.165, 1.54) is 74.0 Å². The van der Waals surface area contributed by atoms with Gasteiger partial charge in [0.25, 0.3) is 0 Å². The topological polar surface area (TPSA) is 57.5 Å². The zero-order valence-corrected chi connectivity index (χ0v) is 19.8. The molecule has 30 heavy (non-hydrogen) atoms. The van der Waals surface area contributed by atoms with Crippen LogP contribution in [0.15, 0.2) is 29.6 Å². The lowest BCUT2D eigenvalue weighted by Crippen LogP contribution is -2.44.